The van der Waals surface area contributed by atoms with Crippen molar-refractivity contribution >= 4 is 45.5 Å². The Morgan fingerprint density at radius 3 is 2.22 bits per heavy atom. The van der Waals surface area contributed by atoms with Gasteiger partial charge in [-0.3, -0.25) is 14.9 Å². The van der Waals surface area contributed by atoms with Gasteiger partial charge in [0.15, 0.2) is 0 Å². The molecule has 0 bridgehead atoms. The number of hydrogen-bond donors (Lipinski definition) is 1. The molecule has 1 fully saturated rings. The predicted molar refractivity (Wildman–Crippen MR) is 141 cm³/mol. The molecule has 0 saturated carbocycles. The molecule has 0 spiro atoms. The number of barbiturate groups is 1. The van der Waals surface area contributed by atoms with Crippen molar-refractivity contribution in [3.05, 3.63) is 93.5 Å². The summed E-state index contributed by atoms with van der Waals surface area (Å²) >= 11 is 3.32. The molecule has 1 N–H and O–H groups in total. The van der Waals surface area contributed by atoms with Crippen molar-refractivity contribution in [1.82, 2.24) is 5.32 Å². The number of anilines is 1. The van der Waals surface area contributed by atoms with E-state index in [4.69, 9.17) is 9.47 Å². The van der Waals surface area contributed by atoms with Crippen molar-refractivity contribution in [2.45, 2.75) is 20.3 Å². The predicted octanol–water partition coefficient (Wildman–Crippen LogP) is 5.44. The van der Waals surface area contributed by atoms with Crippen LogP contribution in [0.2, 0.25) is 0 Å². The lowest BCUT2D eigenvalue weighted by Crippen LogP contribution is -2.54. The smallest absolute Gasteiger partial charge is 0.335 e. The number of imide groups is 2. The van der Waals surface area contributed by atoms with E-state index in [2.05, 4.69) is 34.2 Å². The molecule has 4 rings (SSSR count). The Balaban J connectivity index is 1.38. The summed E-state index contributed by atoms with van der Waals surface area (Å²) in [4.78, 5) is 38.6. The zero-order chi connectivity index (χ0) is 25.7. The summed E-state index contributed by atoms with van der Waals surface area (Å²) in [5, 5.41) is 2.22. The molecule has 1 heterocycles. The summed E-state index contributed by atoms with van der Waals surface area (Å²) in [6.45, 7) is 4.91. The number of aryl methyl sites for hydroxylation is 2. The van der Waals surface area contributed by atoms with Crippen LogP contribution < -0.4 is 19.7 Å². The Morgan fingerprint density at radius 2 is 1.56 bits per heavy atom. The monoisotopic (exact) mass is 548 g/mol. The van der Waals surface area contributed by atoms with Gasteiger partial charge in [-0.15, -0.1) is 0 Å². The maximum Gasteiger partial charge on any atom is 0.335 e. The summed E-state index contributed by atoms with van der Waals surface area (Å²) < 4.78 is 12.4. The summed E-state index contributed by atoms with van der Waals surface area (Å²) in [6.07, 6.45) is 2.40. The summed E-state index contributed by atoms with van der Waals surface area (Å²) in [5.74, 6) is 0.0259. The van der Waals surface area contributed by atoms with Gasteiger partial charge >= 0.3 is 6.03 Å². The van der Waals surface area contributed by atoms with Gasteiger partial charge in [-0.25, -0.2) is 9.69 Å². The molecule has 0 aromatic heterocycles. The number of ether oxygens (including phenoxy) is 2. The molecular weight excluding hydrogens is 524 g/mol. The fourth-order valence-corrected chi connectivity index (χ4v) is 4.00. The van der Waals surface area contributed by atoms with Crippen LogP contribution in [0.15, 0.2) is 76.8 Å². The Labute approximate surface area is 217 Å². The van der Waals surface area contributed by atoms with E-state index in [1.54, 1.807) is 48.5 Å². The molecule has 4 amide bonds. The molecule has 1 aliphatic heterocycles. The van der Waals surface area contributed by atoms with Crippen molar-refractivity contribution in [2.75, 3.05) is 18.1 Å². The van der Waals surface area contributed by atoms with Crippen LogP contribution >= 0.6 is 15.9 Å². The zero-order valence-electron chi connectivity index (χ0n) is 19.9. The topological polar surface area (TPSA) is 84.9 Å². The second kappa shape index (κ2) is 11.2. The Morgan fingerprint density at radius 1 is 0.889 bits per heavy atom. The minimum Gasteiger partial charge on any atom is -0.490 e. The van der Waals surface area contributed by atoms with Gasteiger partial charge in [-0.1, -0.05) is 41.1 Å². The highest BCUT2D eigenvalue weighted by atomic mass is 79.9. The minimum absolute atomic E-state index is 0.135. The highest BCUT2D eigenvalue weighted by Crippen LogP contribution is 2.24. The van der Waals surface area contributed by atoms with Crippen molar-refractivity contribution in [2.24, 2.45) is 0 Å². The van der Waals surface area contributed by atoms with Gasteiger partial charge in [0.05, 0.1) is 5.69 Å². The van der Waals surface area contributed by atoms with Crippen LogP contribution in [0.25, 0.3) is 6.08 Å². The maximum absolute atomic E-state index is 13.0. The molecule has 3 aromatic rings. The number of amides is 4. The number of carbonyl (C=O) groups is 3. The SMILES string of the molecule is CCc1cc(C)cc(OCCOc2ccc(C=C3C(=O)NC(=O)N(c4ccc(Br)cc4)C3=O)cc2)c1. The first-order valence-electron chi connectivity index (χ1n) is 11.5. The third-order valence-electron chi connectivity index (χ3n) is 5.52. The van der Waals surface area contributed by atoms with Gasteiger partial charge in [0.25, 0.3) is 11.8 Å². The first-order chi connectivity index (χ1) is 17.3. The molecule has 1 aliphatic rings. The number of nitrogens with one attached hydrogen (secondary N) is 1. The second-order valence-corrected chi connectivity index (χ2v) is 9.12. The standard InChI is InChI=1S/C28H25BrN2O5/c1-3-19-14-18(2)15-24(16-19)36-13-12-35-23-10-4-20(5-11-23)17-25-26(32)30-28(34)31(27(25)33)22-8-6-21(29)7-9-22/h4-11,14-17H,3,12-13H2,1-2H3,(H,30,32,34). The van der Waals surface area contributed by atoms with E-state index < -0.39 is 17.8 Å². The highest BCUT2D eigenvalue weighted by Gasteiger charge is 2.36. The molecule has 8 heteroatoms. The Kier molecular flexibility index (Phi) is 7.85. The highest BCUT2D eigenvalue weighted by molar-refractivity contribution is 9.10. The van der Waals surface area contributed by atoms with E-state index in [-0.39, 0.29) is 5.57 Å². The lowest BCUT2D eigenvalue weighted by molar-refractivity contribution is -0.122. The number of hydrogen-bond acceptors (Lipinski definition) is 5. The average molecular weight is 549 g/mol. The number of halogens is 1. The lowest BCUT2D eigenvalue weighted by atomic mass is 10.1. The van der Waals surface area contributed by atoms with Crippen molar-refractivity contribution < 1.29 is 23.9 Å². The molecule has 1 saturated heterocycles. The van der Waals surface area contributed by atoms with E-state index in [0.29, 0.717) is 30.2 Å². The van der Waals surface area contributed by atoms with Crippen molar-refractivity contribution in [3.63, 3.8) is 0 Å². The first-order valence-corrected chi connectivity index (χ1v) is 12.3. The molecule has 0 radical (unpaired) electrons. The number of urea groups is 1. The van der Waals surface area contributed by atoms with Crippen LogP contribution in [-0.4, -0.2) is 31.1 Å². The van der Waals surface area contributed by atoms with Crippen LogP contribution in [-0.2, 0) is 16.0 Å². The number of carbonyl (C=O) groups excluding carboxylic acids is 3. The van der Waals surface area contributed by atoms with Gasteiger partial charge in [0, 0.05) is 4.47 Å². The summed E-state index contributed by atoms with van der Waals surface area (Å²) in [6, 6.07) is 19.0. The summed E-state index contributed by atoms with van der Waals surface area (Å²) in [7, 11) is 0. The largest absolute Gasteiger partial charge is 0.490 e. The Bertz CT molecular complexity index is 1320. The van der Waals surface area contributed by atoms with Gasteiger partial charge < -0.3 is 9.47 Å². The Hall–Kier alpha value is -3.91. The average Bonchev–Trinajstić information content (AvgIpc) is 2.86. The molecule has 7 nitrogen and oxygen atoms in total. The van der Waals surface area contributed by atoms with Crippen LogP contribution in [0.1, 0.15) is 23.6 Å². The lowest BCUT2D eigenvalue weighted by Gasteiger charge is -2.26. The number of nitrogens with zero attached hydrogens (tertiary/aromatic N) is 1. The van der Waals surface area contributed by atoms with Crippen LogP contribution in [0, 0.1) is 6.92 Å². The molecule has 184 valence electrons. The van der Waals surface area contributed by atoms with Crippen LogP contribution in [0.5, 0.6) is 11.5 Å². The first kappa shape index (κ1) is 25.2. The molecule has 3 aromatic carbocycles. The molecular formula is C28H25BrN2O5. The van der Waals surface area contributed by atoms with Crippen molar-refractivity contribution in [1.29, 1.82) is 0 Å². The molecule has 0 atom stereocenters. The van der Waals surface area contributed by atoms with Crippen molar-refractivity contribution in [3.8, 4) is 11.5 Å². The normalized spacial score (nSPS) is 14.7. The second-order valence-electron chi connectivity index (χ2n) is 8.21. The van der Waals surface area contributed by atoms with Crippen LogP contribution in [0.3, 0.4) is 0 Å². The van der Waals surface area contributed by atoms with Gasteiger partial charge in [0.2, 0.25) is 0 Å². The molecule has 36 heavy (non-hydrogen) atoms. The van der Waals surface area contributed by atoms with E-state index in [9.17, 15) is 14.4 Å². The summed E-state index contributed by atoms with van der Waals surface area (Å²) in [5.41, 5.74) is 3.23. The van der Waals surface area contributed by atoms with E-state index >= 15 is 0 Å². The van der Waals surface area contributed by atoms with Gasteiger partial charge in [0.1, 0.15) is 30.3 Å². The van der Waals surface area contributed by atoms with Gasteiger partial charge in [-0.05, 0) is 84.6 Å². The van der Waals surface area contributed by atoms with E-state index in [1.165, 1.54) is 11.6 Å². The fourth-order valence-electron chi connectivity index (χ4n) is 3.74. The van der Waals surface area contributed by atoms with E-state index in [1.807, 2.05) is 19.1 Å². The minimum atomic E-state index is -0.785. The molecule has 0 unspecified atom stereocenters. The molecule has 0 aliphatic carbocycles. The maximum atomic E-state index is 13.0. The quantitative estimate of drug-likeness (QED) is 0.230. The zero-order valence-corrected chi connectivity index (χ0v) is 21.5. The van der Waals surface area contributed by atoms with Gasteiger partial charge in [-0.2, -0.15) is 0 Å². The van der Waals surface area contributed by atoms with Crippen LogP contribution in [0.4, 0.5) is 10.5 Å². The van der Waals surface area contributed by atoms with E-state index in [0.717, 1.165) is 27.1 Å². The third-order valence-corrected chi connectivity index (χ3v) is 6.05. The number of benzene rings is 3. The fraction of sp³-hybridized carbons (Fsp3) is 0.179. The number of rotatable bonds is 8. The third kappa shape index (κ3) is 6.01.